The van der Waals surface area contributed by atoms with Gasteiger partial charge in [-0.1, -0.05) is 11.6 Å². The van der Waals surface area contributed by atoms with Crippen molar-refractivity contribution in [3.8, 4) is 0 Å². The van der Waals surface area contributed by atoms with Crippen molar-refractivity contribution in [3.63, 3.8) is 0 Å². The van der Waals surface area contributed by atoms with Crippen LogP contribution in [0.15, 0.2) is 42.5 Å². The van der Waals surface area contributed by atoms with Crippen LogP contribution in [-0.2, 0) is 0 Å². The summed E-state index contributed by atoms with van der Waals surface area (Å²) >= 11 is 5.85. The maximum absolute atomic E-state index is 12.0. The minimum atomic E-state index is -0.0674. The van der Waals surface area contributed by atoms with Gasteiger partial charge in [0, 0.05) is 22.3 Å². The van der Waals surface area contributed by atoms with E-state index in [4.69, 9.17) is 17.3 Å². The van der Waals surface area contributed by atoms with Gasteiger partial charge in [-0.2, -0.15) is 0 Å². The van der Waals surface area contributed by atoms with Crippen LogP contribution < -0.4 is 16.4 Å². The minimum Gasteiger partial charge on any atom is -0.397 e. The van der Waals surface area contributed by atoms with Crippen molar-refractivity contribution >= 4 is 34.6 Å². The van der Waals surface area contributed by atoms with E-state index in [1.165, 1.54) is 0 Å². The van der Waals surface area contributed by atoms with Gasteiger partial charge in [0.15, 0.2) is 0 Å². The summed E-state index contributed by atoms with van der Waals surface area (Å²) in [6.45, 7) is 0. The van der Waals surface area contributed by atoms with Gasteiger partial charge in [0.2, 0.25) is 0 Å². The van der Waals surface area contributed by atoms with Gasteiger partial charge in [0.05, 0.1) is 11.4 Å². The second kappa shape index (κ2) is 5.66. The third-order valence-corrected chi connectivity index (χ3v) is 3.60. The highest BCUT2D eigenvalue weighted by Crippen LogP contribution is 2.26. The van der Waals surface area contributed by atoms with E-state index in [1.807, 2.05) is 18.2 Å². The predicted molar refractivity (Wildman–Crippen MR) is 86.1 cm³/mol. The molecule has 0 aliphatic heterocycles. The molecule has 21 heavy (non-hydrogen) atoms. The fraction of sp³-hybridized carbons (Fsp3) is 0.188. The number of carbonyl (C=O) groups is 1. The van der Waals surface area contributed by atoms with Crippen LogP contribution in [0.3, 0.4) is 0 Å². The molecule has 108 valence electrons. The predicted octanol–water partition coefficient (Wildman–Crippen LogP) is 3.56. The molecule has 0 spiro atoms. The Morgan fingerprint density at radius 2 is 1.86 bits per heavy atom. The van der Waals surface area contributed by atoms with E-state index >= 15 is 0 Å². The summed E-state index contributed by atoms with van der Waals surface area (Å²) in [5.74, 6) is -0.0674. The summed E-state index contributed by atoms with van der Waals surface area (Å²) in [6.07, 6.45) is 2.13. The van der Waals surface area contributed by atoms with Crippen LogP contribution in [0.1, 0.15) is 23.2 Å². The maximum Gasteiger partial charge on any atom is 0.251 e. The largest absolute Gasteiger partial charge is 0.397 e. The highest BCUT2D eigenvalue weighted by Gasteiger charge is 2.23. The van der Waals surface area contributed by atoms with E-state index in [2.05, 4.69) is 10.6 Å². The van der Waals surface area contributed by atoms with Crippen LogP contribution >= 0.6 is 11.6 Å². The van der Waals surface area contributed by atoms with Crippen LogP contribution in [0.4, 0.5) is 17.1 Å². The number of halogens is 1. The molecule has 0 radical (unpaired) electrons. The van der Waals surface area contributed by atoms with Crippen LogP contribution in [0.5, 0.6) is 0 Å². The number of hydrogen-bond donors (Lipinski definition) is 3. The lowest BCUT2D eigenvalue weighted by atomic mass is 10.1. The average molecular weight is 302 g/mol. The van der Waals surface area contributed by atoms with E-state index in [9.17, 15) is 4.79 Å². The molecule has 1 fully saturated rings. The molecule has 3 rings (SSSR count). The molecule has 1 aliphatic carbocycles. The van der Waals surface area contributed by atoms with Crippen molar-refractivity contribution in [2.24, 2.45) is 0 Å². The van der Waals surface area contributed by atoms with Gasteiger partial charge in [-0.15, -0.1) is 0 Å². The first-order valence-electron chi connectivity index (χ1n) is 6.85. The quantitative estimate of drug-likeness (QED) is 0.756. The van der Waals surface area contributed by atoms with Gasteiger partial charge in [-0.3, -0.25) is 4.79 Å². The molecule has 0 heterocycles. The SMILES string of the molecule is Nc1cc(C(=O)NC2CC2)ccc1Nc1ccc(Cl)cc1. The number of amides is 1. The van der Waals surface area contributed by atoms with Crippen LogP contribution in [0.2, 0.25) is 5.02 Å². The van der Waals surface area contributed by atoms with E-state index in [0.717, 1.165) is 24.2 Å². The zero-order chi connectivity index (χ0) is 14.8. The van der Waals surface area contributed by atoms with Gasteiger partial charge in [-0.05, 0) is 55.3 Å². The highest BCUT2D eigenvalue weighted by molar-refractivity contribution is 6.30. The summed E-state index contributed by atoms with van der Waals surface area (Å²) in [5, 5.41) is 6.83. The lowest BCUT2D eigenvalue weighted by Crippen LogP contribution is -2.25. The maximum atomic E-state index is 12.0. The Morgan fingerprint density at radius 1 is 1.14 bits per heavy atom. The normalized spacial score (nSPS) is 13.8. The van der Waals surface area contributed by atoms with Gasteiger partial charge in [-0.25, -0.2) is 0 Å². The summed E-state index contributed by atoms with van der Waals surface area (Å²) in [5.41, 5.74) is 8.79. The van der Waals surface area contributed by atoms with Crippen LogP contribution in [0, 0.1) is 0 Å². The van der Waals surface area contributed by atoms with Crippen molar-refractivity contribution in [1.29, 1.82) is 0 Å². The Kier molecular flexibility index (Phi) is 3.71. The molecule has 5 heteroatoms. The van der Waals surface area contributed by atoms with Gasteiger partial charge in [0.1, 0.15) is 0 Å². The Labute approximate surface area is 128 Å². The Balaban J connectivity index is 1.74. The van der Waals surface area contributed by atoms with Crippen molar-refractivity contribution in [3.05, 3.63) is 53.1 Å². The van der Waals surface area contributed by atoms with E-state index in [0.29, 0.717) is 22.3 Å². The number of rotatable bonds is 4. The number of carbonyl (C=O) groups excluding carboxylic acids is 1. The van der Waals surface area contributed by atoms with Crippen LogP contribution in [-0.4, -0.2) is 11.9 Å². The molecule has 1 amide bonds. The van der Waals surface area contributed by atoms with Crippen molar-refractivity contribution < 1.29 is 4.79 Å². The van der Waals surface area contributed by atoms with Gasteiger partial charge >= 0.3 is 0 Å². The molecular formula is C16H16ClN3O. The van der Waals surface area contributed by atoms with Crippen molar-refractivity contribution in [2.75, 3.05) is 11.1 Å². The minimum absolute atomic E-state index is 0.0674. The molecule has 4 N–H and O–H groups in total. The molecule has 4 nitrogen and oxygen atoms in total. The first-order valence-corrected chi connectivity index (χ1v) is 7.22. The molecule has 0 saturated heterocycles. The second-order valence-corrected chi connectivity index (χ2v) is 5.62. The Bertz CT molecular complexity index is 666. The molecule has 2 aromatic carbocycles. The van der Waals surface area contributed by atoms with Crippen molar-refractivity contribution in [2.45, 2.75) is 18.9 Å². The number of anilines is 3. The summed E-state index contributed by atoms with van der Waals surface area (Å²) in [7, 11) is 0. The number of nitrogens with one attached hydrogen (secondary N) is 2. The third kappa shape index (κ3) is 3.47. The molecule has 1 saturated carbocycles. The fourth-order valence-corrected chi connectivity index (χ4v) is 2.13. The molecule has 1 aliphatic rings. The molecular weight excluding hydrogens is 286 g/mol. The lowest BCUT2D eigenvalue weighted by Gasteiger charge is -2.11. The second-order valence-electron chi connectivity index (χ2n) is 5.18. The number of benzene rings is 2. The number of nitrogen functional groups attached to an aromatic ring is 1. The highest BCUT2D eigenvalue weighted by atomic mass is 35.5. The Morgan fingerprint density at radius 3 is 2.48 bits per heavy atom. The first-order chi connectivity index (χ1) is 10.1. The third-order valence-electron chi connectivity index (χ3n) is 3.35. The molecule has 0 atom stereocenters. The lowest BCUT2D eigenvalue weighted by molar-refractivity contribution is 0.0951. The zero-order valence-electron chi connectivity index (χ0n) is 11.4. The zero-order valence-corrected chi connectivity index (χ0v) is 12.2. The molecule has 0 unspecified atom stereocenters. The van der Waals surface area contributed by atoms with Crippen molar-refractivity contribution in [1.82, 2.24) is 5.32 Å². The standard InChI is InChI=1S/C16H16ClN3O/c17-11-2-4-12(5-3-11)19-15-8-1-10(9-14(15)18)16(21)20-13-6-7-13/h1-5,8-9,13,19H,6-7,18H2,(H,20,21). The Hall–Kier alpha value is -2.20. The summed E-state index contributed by atoms with van der Waals surface area (Å²) in [6, 6.07) is 13.0. The molecule has 0 bridgehead atoms. The van der Waals surface area contributed by atoms with Crippen LogP contribution in [0.25, 0.3) is 0 Å². The monoisotopic (exact) mass is 301 g/mol. The van der Waals surface area contributed by atoms with Gasteiger partial charge < -0.3 is 16.4 Å². The number of nitrogens with two attached hydrogens (primary N) is 1. The fourth-order valence-electron chi connectivity index (χ4n) is 2.00. The summed E-state index contributed by atoms with van der Waals surface area (Å²) in [4.78, 5) is 12.0. The average Bonchev–Trinajstić information content (AvgIpc) is 3.27. The van der Waals surface area contributed by atoms with Gasteiger partial charge in [0.25, 0.3) is 5.91 Å². The first kappa shape index (κ1) is 13.8. The number of hydrogen-bond acceptors (Lipinski definition) is 3. The molecule has 2 aromatic rings. The van der Waals surface area contributed by atoms with E-state index in [-0.39, 0.29) is 5.91 Å². The molecule has 0 aromatic heterocycles. The summed E-state index contributed by atoms with van der Waals surface area (Å²) < 4.78 is 0. The smallest absolute Gasteiger partial charge is 0.251 e. The van der Waals surface area contributed by atoms with E-state index in [1.54, 1.807) is 24.3 Å². The topological polar surface area (TPSA) is 67.2 Å². The van der Waals surface area contributed by atoms with E-state index < -0.39 is 0 Å².